The molecule has 4 atom stereocenters. The summed E-state index contributed by atoms with van der Waals surface area (Å²) in [5.41, 5.74) is 5.74. The van der Waals surface area contributed by atoms with E-state index in [1.165, 1.54) is 0 Å². The van der Waals surface area contributed by atoms with Gasteiger partial charge in [0.05, 0.1) is 18.8 Å². The Balaban J connectivity index is 1.92. The molecule has 1 aliphatic rings. The van der Waals surface area contributed by atoms with E-state index in [1.54, 1.807) is 6.92 Å². The van der Waals surface area contributed by atoms with E-state index in [-0.39, 0.29) is 24.4 Å². The van der Waals surface area contributed by atoms with E-state index in [9.17, 15) is 4.79 Å². The zero-order chi connectivity index (χ0) is 18.2. The number of carbonyl (C=O) groups is 1. The maximum absolute atomic E-state index is 12.0. The Kier molecular flexibility index (Phi) is 8.06. The summed E-state index contributed by atoms with van der Waals surface area (Å²) in [6.45, 7) is 5.70. The highest BCUT2D eigenvalue weighted by Gasteiger charge is 2.27. The van der Waals surface area contributed by atoms with Crippen LogP contribution in [0.3, 0.4) is 0 Å². The number of esters is 1. The molecule has 140 valence electrons. The highest BCUT2D eigenvalue weighted by Crippen LogP contribution is 2.37. The molecule has 1 aromatic rings. The van der Waals surface area contributed by atoms with Crippen LogP contribution in [0.15, 0.2) is 30.3 Å². The molecule has 8 heteroatoms. The molecule has 2 rings (SSSR count). The van der Waals surface area contributed by atoms with Crippen molar-refractivity contribution in [2.75, 3.05) is 6.61 Å². The molecule has 0 aromatic heterocycles. The van der Waals surface area contributed by atoms with Crippen LogP contribution in [0.4, 0.5) is 0 Å². The van der Waals surface area contributed by atoms with Gasteiger partial charge in [-0.1, -0.05) is 18.2 Å². The Bertz CT molecular complexity index is 531. The van der Waals surface area contributed by atoms with Crippen molar-refractivity contribution in [3.05, 3.63) is 30.3 Å². The maximum atomic E-state index is 12.0. The lowest BCUT2D eigenvalue weighted by molar-refractivity contribution is -0.149. The van der Waals surface area contributed by atoms with E-state index in [0.29, 0.717) is 12.4 Å². The van der Waals surface area contributed by atoms with Crippen LogP contribution in [0, 0.1) is 0 Å². The normalized spacial score (nSPS) is 22.6. The topological polar surface area (TPSA) is 92.0 Å². The Hall–Kier alpha value is -1.24. The summed E-state index contributed by atoms with van der Waals surface area (Å²) in [6, 6.07) is 8.76. The first-order chi connectivity index (χ1) is 11.9. The van der Waals surface area contributed by atoms with Gasteiger partial charge >= 0.3 is 14.5 Å². The lowest BCUT2D eigenvalue weighted by Crippen LogP contribution is -2.35. The number of para-hydroxylation sites is 1. The summed E-state index contributed by atoms with van der Waals surface area (Å²) < 4.78 is 22.5. The van der Waals surface area contributed by atoms with Crippen molar-refractivity contribution in [1.29, 1.82) is 0 Å². The second-order valence-corrected chi connectivity index (χ2v) is 7.38. The molecule has 0 amide bonds. The average Bonchev–Trinajstić information content (AvgIpc) is 2.98. The first-order valence-corrected chi connectivity index (χ1v) is 9.65. The third-order valence-corrected chi connectivity index (χ3v) is 4.81. The van der Waals surface area contributed by atoms with Crippen molar-refractivity contribution in [2.24, 2.45) is 5.73 Å². The van der Waals surface area contributed by atoms with E-state index < -0.39 is 14.6 Å². The third kappa shape index (κ3) is 7.26. The molecule has 0 spiro atoms. The number of ether oxygens (including phenoxy) is 2. The molecule has 0 aliphatic carbocycles. The lowest BCUT2D eigenvalue weighted by Gasteiger charge is -2.23. The van der Waals surface area contributed by atoms with Gasteiger partial charge in [-0.25, -0.2) is 5.09 Å². The summed E-state index contributed by atoms with van der Waals surface area (Å²) in [6.07, 6.45) is 1.20. The van der Waals surface area contributed by atoms with Crippen LogP contribution in [0.5, 0.6) is 5.75 Å². The van der Waals surface area contributed by atoms with Gasteiger partial charge in [0.25, 0.3) is 0 Å². The van der Waals surface area contributed by atoms with Crippen LogP contribution >= 0.6 is 8.53 Å². The summed E-state index contributed by atoms with van der Waals surface area (Å²) in [7, 11) is -1.54. The molecule has 0 saturated carbocycles. The van der Waals surface area contributed by atoms with Crippen LogP contribution in [0.25, 0.3) is 0 Å². The number of nitrogens with two attached hydrogens (primary N) is 1. The summed E-state index contributed by atoms with van der Waals surface area (Å²) in [5, 5.41) is 3.06. The number of nitrogens with one attached hydrogen (secondary N) is 1. The van der Waals surface area contributed by atoms with Crippen LogP contribution in [0.2, 0.25) is 0 Å². The zero-order valence-electron chi connectivity index (χ0n) is 14.9. The van der Waals surface area contributed by atoms with Crippen molar-refractivity contribution in [3.8, 4) is 5.75 Å². The number of rotatable bonds is 9. The van der Waals surface area contributed by atoms with Crippen LogP contribution in [-0.4, -0.2) is 37.1 Å². The molecule has 1 heterocycles. The van der Waals surface area contributed by atoms with Gasteiger partial charge < -0.3 is 24.3 Å². The molecule has 1 fully saturated rings. The third-order valence-electron chi connectivity index (χ3n) is 3.45. The minimum absolute atomic E-state index is 0.0564. The Morgan fingerprint density at radius 1 is 1.32 bits per heavy atom. The zero-order valence-corrected chi connectivity index (χ0v) is 15.8. The fourth-order valence-corrected chi connectivity index (χ4v) is 3.44. The Morgan fingerprint density at radius 3 is 2.64 bits per heavy atom. The van der Waals surface area contributed by atoms with Crippen molar-refractivity contribution >= 4 is 14.5 Å². The largest absolute Gasteiger partial charge is 0.462 e. The van der Waals surface area contributed by atoms with Crippen LogP contribution < -0.4 is 15.3 Å². The standard InChI is InChI=1S/C17H27N2O5P/c1-12(2)22-17(20)13(3)19-25(24-14-7-5-4-6-8-14)21-11-15-9-10-16(18)23-15/h4-8,12-13,15-16,19H,9-11,18H2,1-3H3. The number of carbonyl (C=O) groups excluding carboxylic acids is 1. The van der Waals surface area contributed by atoms with Crippen molar-refractivity contribution in [2.45, 2.75) is 58.1 Å². The van der Waals surface area contributed by atoms with Gasteiger partial charge in [-0.3, -0.25) is 4.79 Å². The SMILES string of the molecule is CC(C)OC(=O)C(C)NP(OCC1CCC(N)O1)Oc1ccccc1. The number of hydrogen-bond acceptors (Lipinski definition) is 7. The molecule has 0 radical (unpaired) electrons. The summed E-state index contributed by atoms with van der Waals surface area (Å²) >= 11 is 0. The van der Waals surface area contributed by atoms with E-state index in [4.69, 9.17) is 24.3 Å². The lowest BCUT2D eigenvalue weighted by atomic mass is 10.2. The molecule has 0 bridgehead atoms. The minimum Gasteiger partial charge on any atom is -0.462 e. The minimum atomic E-state index is -1.54. The molecule has 1 aliphatic heterocycles. The Labute approximate surface area is 150 Å². The average molecular weight is 370 g/mol. The molecule has 25 heavy (non-hydrogen) atoms. The fourth-order valence-electron chi connectivity index (χ4n) is 2.22. The summed E-state index contributed by atoms with van der Waals surface area (Å²) in [4.78, 5) is 12.0. The monoisotopic (exact) mass is 370 g/mol. The quantitative estimate of drug-likeness (QED) is 0.510. The van der Waals surface area contributed by atoms with Gasteiger partial charge in [0.15, 0.2) is 0 Å². The number of benzene rings is 1. The van der Waals surface area contributed by atoms with Gasteiger partial charge in [-0.05, 0) is 45.7 Å². The van der Waals surface area contributed by atoms with Gasteiger partial charge in [0, 0.05) is 0 Å². The van der Waals surface area contributed by atoms with Gasteiger partial charge in [-0.15, -0.1) is 0 Å². The fraction of sp³-hybridized carbons (Fsp3) is 0.588. The molecule has 7 nitrogen and oxygen atoms in total. The second kappa shape index (κ2) is 10.0. The predicted octanol–water partition coefficient (Wildman–Crippen LogP) is 2.70. The smallest absolute Gasteiger partial charge is 0.323 e. The highest BCUT2D eigenvalue weighted by atomic mass is 31.2. The molecule has 3 N–H and O–H groups in total. The molecular formula is C17H27N2O5P. The first-order valence-electron chi connectivity index (χ1n) is 8.48. The summed E-state index contributed by atoms with van der Waals surface area (Å²) in [5.74, 6) is 0.316. The highest BCUT2D eigenvalue weighted by molar-refractivity contribution is 7.45. The van der Waals surface area contributed by atoms with Gasteiger partial charge in [0.2, 0.25) is 0 Å². The van der Waals surface area contributed by atoms with E-state index in [1.807, 2.05) is 44.2 Å². The second-order valence-electron chi connectivity index (χ2n) is 6.17. The molecule has 1 saturated heterocycles. The van der Waals surface area contributed by atoms with Crippen molar-refractivity contribution in [1.82, 2.24) is 5.09 Å². The van der Waals surface area contributed by atoms with Gasteiger partial charge in [0.1, 0.15) is 18.0 Å². The first kappa shape index (κ1) is 20.1. The van der Waals surface area contributed by atoms with E-state index >= 15 is 0 Å². The van der Waals surface area contributed by atoms with Gasteiger partial charge in [-0.2, -0.15) is 0 Å². The van der Waals surface area contributed by atoms with E-state index in [0.717, 1.165) is 12.8 Å². The predicted molar refractivity (Wildman–Crippen MR) is 95.9 cm³/mol. The van der Waals surface area contributed by atoms with Crippen LogP contribution in [0.1, 0.15) is 33.6 Å². The van der Waals surface area contributed by atoms with Crippen molar-refractivity contribution in [3.63, 3.8) is 0 Å². The van der Waals surface area contributed by atoms with Crippen LogP contribution in [-0.2, 0) is 18.8 Å². The Morgan fingerprint density at radius 2 is 2.04 bits per heavy atom. The van der Waals surface area contributed by atoms with E-state index in [2.05, 4.69) is 5.09 Å². The number of hydrogen-bond donors (Lipinski definition) is 2. The molecular weight excluding hydrogens is 343 g/mol. The van der Waals surface area contributed by atoms with Crippen molar-refractivity contribution < 1.29 is 23.3 Å². The maximum Gasteiger partial charge on any atom is 0.323 e. The molecule has 4 unspecified atom stereocenters. The molecule has 1 aromatic carbocycles.